The lowest BCUT2D eigenvalue weighted by atomic mass is 10.2. The highest BCUT2D eigenvalue weighted by Crippen LogP contribution is 2.25. The maximum absolute atomic E-state index is 6.07. The van der Waals surface area contributed by atoms with Crippen molar-refractivity contribution in [2.45, 2.75) is 27.3 Å². The van der Waals surface area contributed by atoms with E-state index in [0.29, 0.717) is 29.4 Å². The molecule has 0 aliphatic heterocycles. The minimum atomic E-state index is 0.372. The Labute approximate surface area is 123 Å². The zero-order valence-electron chi connectivity index (χ0n) is 11.9. The average Bonchev–Trinajstić information content (AvgIpc) is 2.82. The highest BCUT2D eigenvalue weighted by molar-refractivity contribution is 6.31. The van der Waals surface area contributed by atoms with E-state index in [1.807, 2.05) is 25.1 Å². The van der Waals surface area contributed by atoms with E-state index in [-0.39, 0.29) is 0 Å². The molecule has 1 aromatic heterocycles. The van der Waals surface area contributed by atoms with Gasteiger partial charge in [-0.1, -0.05) is 36.6 Å². The lowest BCUT2D eigenvalue weighted by Gasteiger charge is -2.06. The van der Waals surface area contributed by atoms with Crippen molar-refractivity contribution >= 4 is 23.3 Å². The van der Waals surface area contributed by atoms with Gasteiger partial charge in [-0.2, -0.15) is 0 Å². The highest BCUT2D eigenvalue weighted by atomic mass is 35.5. The summed E-state index contributed by atoms with van der Waals surface area (Å²) in [5.41, 5.74) is 1.81. The van der Waals surface area contributed by atoms with Crippen LogP contribution in [0.5, 0.6) is 0 Å². The summed E-state index contributed by atoms with van der Waals surface area (Å²) in [6.45, 7) is 7.72. The first kappa shape index (κ1) is 14.8. The van der Waals surface area contributed by atoms with Crippen molar-refractivity contribution in [1.82, 2.24) is 15.5 Å². The van der Waals surface area contributed by atoms with Gasteiger partial charge in [0.25, 0.3) is 0 Å². The fourth-order valence-electron chi connectivity index (χ4n) is 1.70. The van der Waals surface area contributed by atoms with Gasteiger partial charge in [0.15, 0.2) is 0 Å². The molecule has 1 aromatic carbocycles. The third-order valence-electron chi connectivity index (χ3n) is 2.80. The smallest absolute Gasteiger partial charge is 0.320 e. The van der Waals surface area contributed by atoms with E-state index in [0.717, 1.165) is 17.8 Å². The van der Waals surface area contributed by atoms with Crippen LogP contribution in [0.3, 0.4) is 0 Å². The van der Waals surface area contributed by atoms with Gasteiger partial charge in [0.1, 0.15) is 0 Å². The predicted molar refractivity (Wildman–Crippen MR) is 80.3 cm³/mol. The minimum Gasteiger partial charge on any atom is -0.406 e. The summed E-state index contributed by atoms with van der Waals surface area (Å²) in [5, 5.41) is 15.0. The Balaban J connectivity index is 1.97. The molecule has 0 radical (unpaired) electrons. The second-order valence-corrected chi connectivity index (χ2v) is 5.47. The summed E-state index contributed by atoms with van der Waals surface area (Å²) in [5.74, 6) is 1.15. The molecule has 0 bridgehead atoms. The van der Waals surface area contributed by atoms with Crippen LogP contribution in [0.1, 0.15) is 25.3 Å². The first-order valence-corrected chi connectivity index (χ1v) is 6.99. The molecule has 0 saturated heterocycles. The van der Waals surface area contributed by atoms with Gasteiger partial charge in [0, 0.05) is 10.7 Å². The third-order valence-corrected chi connectivity index (χ3v) is 3.21. The molecule has 0 amide bonds. The molecule has 2 aromatic rings. The van der Waals surface area contributed by atoms with Gasteiger partial charge in [-0.3, -0.25) is 0 Å². The van der Waals surface area contributed by atoms with E-state index < -0.39 is 0 Å². The Kier molecular flexibility index (Phi) is 4.98. The number of aromatic nitrogens is 2. The van der Waals surface area contributed by atoms with E-state index in [1.54, 1.807) is 0 Å². The standard InChI is InChI=1S/C14H19ClN4O/c1-9(2)7-16-8-13-18-19-14(20-13)17-12-6-4-5-11(15)10(12)3/h4-6,9,16H,7-8H2,1-3H3,(H,17,19). The molecule has 1 heterocycles. The van der Waals surface area contributed by atoms with Crippen LogP contribution in [-0.2, 0) is 6.54 Å². The van der Waals surface area contributed by atoms with Crippen molar-refractivity contribution in [2.75, 3.05) is 11.9 Å². The van der Waals surface area contributed by atoms with Crippen LogP contribution < -0.4 is 10.6 Å². The van der Waals surface area contributed by atoms with Crippen LogP contribution in [0.25, 0.3) is 0 Å². The number of nitrogens with one attached hydrogen (secondary N) is 2. The van der Waals surface area contributed by atoms with E-state index in [9.17, 15) is 0 Å². The van der Waals surface area contributed by atoms with E-state index >= 15 is 0 Å². The largest absolute Gasteiger partial charge is 0.406 e. The topological polar surface area (TPSA) is 63.0 Å². The Bertz CT molecular complexity index is 568. The van der Waals surface area contributed by atoms with Crippen LogP contribution in [0.2, 0.25) is 5.02 Å². The molecule has 20 heavy (non-hydrogen) atoms. The molecule has 0 atom stereocenters. The third kappa shape index (κ3) is 3.95. The maximum Gasteiger partial charge on any atom is 0.320 e. The number of rotatable bonds is 6. The van der Waals surface area contributed by atoms with Crippen molar-refractivity contribution < 1.29 is 4.42 Å². The summed E-state index contributed by atoms with van der Waals surface area (Å²) in [6, 6.07) is 6.01. The zero-order valence-corrected chi connectivity index (χ0v) is 12.7. The first-order chi connectivity index (χ1) is 9.56. The number of nitrogens with zero attached hydrogens (tertiary/aromatic N) is 2. The molecule has 0 aliphatic carbocycles. The van der Waals surface area contributed by atoms with E-state index in [4.69, 9.17) is 16.0 Å². The fraction of sp³-hybridized carbons (Fsp3) is 0.429. The Hall–Kier alpha value is -1.59. The Morgan fingerprint density at radius 1 is 1.30 bits per heavy atom. The van der Waals surface area contributed by atoms with Crippen molar-refractivity contribution in [2.24, 2.45) is 5.92 Å². The molecule has 108 valence electrons. The average molecular weight is 295 g/mol. The van der Waals surface area contributed by atoms with Gasteiger partial charge in [0.05, 0.1) is 6.54 Å². The monoisotopic (exact) mass is 294 g/mol. The van der Waals surface area contributed by atoms with Gasteiger partial charge >= 0.3 is 6.01 Å². The zero-order chi connectivity index (χ0) is 14.5. The lowest BCUT2D eigenvalue weighted by Crippen LogP contribution is -2.19. The summed E-state index contributed by atoms with van der Waals surface area (Å²) < 4.78 is 5.53. The summed E-state index contributed by atoms with van der Waals surface area (Å²) in [7, 11) is 0. The molecule has 0 aliphatic rings. The van der Waals surface area contributed by atoms with Crippen LogP contribution in [-0.4, -0.2) is 16.7 Å². The van der Waals surface area contributed by atoms with E-state index in [1.165, 1.54) is 0 Å². The SMILES string of the molecule is Cc1c(Cl)cccc1Nc1nnc(CNCC(C)C)o1. The normalized spacial score (nSPS) is 11.1. The van der Waals surface area contributed by atoms with Crippen molar-refractivity contribution in [3.05, 3.63) is 34.7 Å². The Morgan fingerprint density at radius 2 is 2.10 bits per heavy atom. The molecule has 2 rings (SSSR count). The maximum atomic E-state index is 6.07. The van der Waals surface area contributed by atoms with Gasteiger partial charge < -0.3 is 15.1 Å². The Morgan fingerprint density at radius 3 is 2.85 bits per heavy atom. The van der Waals surface area contributed by atoms with Crippen LogP contribution >= 0.6 is 11.6 Å². The lowest BCUT2D eigenvalue weighted by molar-refractivity contribution is 0.460. The minimum absolute atomic E-state index is 0.372. The van der Waals surface area contributed by atoms with Gasteiger partial charge in [-0.05, 0) is 37.1 Å². The van der Waals surface area contributed by atoms with Crippen LogP contribution in [0.15, 0.2) is 22.6 Å². The van der Waals surface area contributed by atoms with Gasteiger partial charge in [-0.25, -0.2) is 0 Å². The number of halogens is 1. The fourth-order valence-corrected chi connectivity index (χ4v) is 1.88. The van der Waals surface area contributed by atoms with Gasteiger partial charge in [-0.15, -0.1) is 5.10 Å². The summed E-state index contributed by atoms with van der Waals surface area (Å²) >= 11 is 6.07. The van der Waals surface area contributed by atoms with Crippen molar-refractivity contribution in [1.29, 1.82) is 0 Å². The molecule has 0 spiro atoms. The number of benzene rings is 1. The van der Waals surface area contributed by atoms with Crippen LogP contribution in [0.4, 0.5) is 11.7 Å². The van der Waals surface area contributed by atoms with Gasteiger partial charge in [0.2, 0.25) is 5.89 Å². The first-order valence-electron chi connectivity index (χ1n) is 6.61. The molecule has 5 nitrogen and oxygen atoms in total. The second kappa shape index (κ2) is 6.72. The second-order valence-electron chi connectivity index (χ2n) is 5.06. The highest BCUT2D eigenvalue weighted by Gasteiger charge is 2.08. The molecular formula is C14H19ClN4O. The molecule has 0 unspecified atom stereocenters. The molecular weight excluding hydrogens is 276 g/mol. The number of hydrogen-bond acceptors (Lipinski definition) is 5. The van der Waals surface area contributed by atoms with Crippen LogP contribution in [0, 0.1) is 12.8 Å². The molecule has 0 fully saturated rings. The molecule has 0 saturated carbocycles. The molecule has 2 N–H and O–H groups in total. The summed E-state index contributed by atoms with van der Waals surface area (Å²) in [4.78, 5) is 0. The quantitative estimate of drug-likeness (QED) is 0.853. The number of anilines is 2. The predicted octanol–water partition coefficient (Wildman–Crippen LogP) is 3.52. The molecule has 6 heteroatoms. The number of hydrogen-bond donors (Lipinski definition) is 2. The van der Waals surface area contributed by atoms with Crippen molar-refractivity contribution in [3.8, 4) is 0 Å². The van der Waals surface area contributed by atoms with E-state index in [2.05, 4.69) is 34.7 Å². The van der Waals surface area contributed by atoms with Crippen molar-refractivity contribution in [3.63, 3.8) is 0 Å². The summed E-state index contributed by atoms with van der Waals surface area (Å²) in [6.07, 6.45) is 0.